The van der Waals surface area contributed by atoms with E-state index in [-0.39, 0.29) is 5.91 Å². The minimum Gasteiger partial charge on any atom is -0.405 e. The number of hydrogen-bond donors (Lipinski definition) is 5. The molecule has 1 aromatic carbocycles. The molecule has 0 fully saturated rings. The van der Waals surface area contributed by atoms with Gasteiger partial charge in [0.05, 0.1) is 0 Å². The van der Waals surface area contributed by atoms with Crippen molar-refractivity contribution in [2.24, 2.45) is 18.2 Å². The van der Waals surface area contributed by atoms with E-state index in [0.29, 0.717) is 23.5 Å². The highest BCUT2D eigenvalue weighted by atomic mass is 32.2. The maximum absolute atomic E-state index is 13.3. The molecule has 1 amide bonds. The molecule has 6 N–H and O–H groups in total. The van der Waals surface area contributed by atoms with Gasteiger partial charge in [0.1, 0.15) is 5.69 Å². The van der Waals surface area contributed by atoms with Crippen LogP contribution in [0.3, 0.4) is 0 Å². The molecular weight excluding hydrogens is 444 g/mol. The number of amides is 1. The van der Waals surface area contributed by atoms with E-state index in [9.17, 15) is 4.79 Å². The van der Waals surface area contributed by atoms with Crippen LogP contribution in [0.4, 0.5) is 0 Å². The lowest BCUT2D eigenvalue weighted by Crippen LogP contribution is -2.27. The fraction of sp³-hybridized carbons (Fsp3) is 0.308. The van der Waals surface area contributed by atoms with E-state index < -0.39 is 5.41 Å². The molecule has 2 aromatic rings. The first-order chi connectivity index (χ1) is 16.2. The molecule has 0 atom stereocenters. The maximum atomic E-state index is 13.3. The number of fused-ring (bicyclic) bond motifs is 1. The van der Waals surface area contributed by atoms with E-state index in [1.54, 1.807) is 17.8 Å². The number of carbonyl (C=O) groups excluding carboxylic acids is 1. The molecule has 0 spiro atoms. The largest absolute Gasteiger partial charge is 0.405 e. The van der Waals surface area contributed by atoms with Crippen molar-refractivity contribution >= 4 is 35.8 Å². The number of carbonyl (C=O) groups is 1. The molecule has 2 heterocycles. The van der Waals surface area contributed by atoms with E-state index in [1.807, 2.05) is 49.7 Å². The highest BCUT2D eigenvalue weighted by Gasteiger charge is 2.34. The minimum absolute atomic E-state index is 0.255. The molecular formula is C26H32N6OS. The van der Waals surface area contributed by atoms with Gasteiger partial charge in [-0.25, -0.2) is 0 Å². The van der Waals surface area contributed by atoms with Crippen molar-refractivity contribution in [2.75, 3.05) is 0 Å². The highest BCUT2D eigenvalue weighted by molar-refractivity contribution is 8.03. The third-order valence-electron chi connectivity index (χ3n) is 6.34. The minimum atomic E-state index is -0.555. The summed E-state index contributed by atoms with van der Waals surface area (Å²) >= 11 is 1.55. The zero-order chi connectivity index (χ0) is 25.0. The van der Waals surface area contributed by atoms with Crippen LogP contribution >= 0.6 is 11.8 Å². The molecule has 0 saturated heterocycles. The Morgan fingerprint density at radius 1 is 1.24 bits per heavy atom. The molecule has 7 nitrogen and oxygen atoms in total. The van der Waals surface area contributed by atoms with Gasteiger partial charge in [0.2, 0.25) is 0 Å². The van der Waals surface area contributed by atoms with Gasteiger partial charge >= 0.3 is 0 Å². The number of nitrogens with zero attached hydrogens (tertiary/aromatic N) is 1. The second-order valence-electron chi connectivity index (χ2n) is 8.88. The summed E-state index contributed by atoms with van der Waals surface area (Å²) in [7, 11) is 1.87. The van der Waals surface area contributed by atoms with Gasteiger partial charge in [-0.3, -0.25) is 4.79 Å². The zero-order valence-electron chi connectivity index (χ0n) is 20.1. The first-order valence-corrected chi connectivity index (χ1v) is 11.9. The van der Waals surface area contributed by atoms with Gasteiger partial charge in [-0.05, 0) is 57.0 Å². The summed E-state index contributed by atoms with van der Waals surface area (Å²) in [6.07, 6.45) is 7.08. The van der Waals surface area contributed by atoms with Gasteiger partial charge in [-0.15, -0.1) is 0 Å². The fourth-order valence-electron chi connectivity index (χ4n) is 4.33. The average Bonchev–Trinajstić information content (AvgIpc) is 2.96. The number of thioether (sulfide) groups is 1. The summed E-state index contributed by atoms with van der Waals surface area (Å²) in [5.74, 6) is -0.255. The van der Waals surface area contributed by atoms with Crippen molar-refractivity contribution in [2.45, 2.75) is 45.1 Å². The Bertz CT molecular complexity index is 1220. The van der Waals surface area contributed by atoms with Crippen LogP contribution in [0.1, 0.15) is 60.1 Å². The Morgan fingerprint density at radius 3 is 2.59 bits per heavy atom. The first kappa shape index (κ1) is 25.2. The Kier molecular flexibility index (Phi) is 7.61. The topological polar surface area (TPSA) is 132 Å². The Morgan fingerprint density at radius 2 is 1.94 bits per heavy atom. The number of aromatic nitrogens is 1. The summed E-state index contributed by atoms with van der Waals surface area (Å²) in [5.41, 5.74) is 10.3. The summed E-state index contributed by atoms with van der Waals surface area (Å²) in [6, 6.07) is 7.48. The van der Waals surface area contributed by atoms with Crippen molar-refractivity contribution in [1.82, 2.24) is 9.88 Å². The van der Waals surface area contributed by atoms with Crippen LogP contribution in [0.25, 0.3) is 0 Å². The summed E-state index contributed by atoms with van der Waals surface area (Å²) in [4.78, 5) is 15.2. The van der Waals surface area contributed by atoms with Crippen LogP contribution in [0.5, 0.6) is 0 Å². The van der Waals surface area contributed by atoms with E-state index in [4.69, 9.17) is 22.0 Å². The maximum Gasteiger partial charge on any atom is 0.268 e. The third-order valence-corrected chi connectivity index (χ3v) is 8.07. The molecule has 0 bridgehead atoms. The Balaban J connectivity index is 1.98. The summed E-state index contributed by atoms with van der Waals surface area (Å²) in [6.45, 7) is 6.40. The average molecular weight is 477 g/mol. The number of nitrogens with one attached hydrogen (secondary N) is 4. The zero-order valence-corrected chi connectivity index (χ0v) is 20.9. The quantitative estimate of drug-likeness (QED) is 0.351. The van der Waals surface area contributed by atoms with Crippen LogP contribution < -0.4 is 11.1 Å². The molecule has 0 radical (unpaired) electrons. The molecule has 0 saturated carbocycles. The third kappa shape index (κ3) is 4.63. The van der Waals surface area contributed by atoms with Crippen LogP contribution in [0.2, 0.25) is 0 Å². The predicted molar refractivity (Wildman–Crippen MR) is 141 cm³/mol. The van der Waals surface area contributed by atoms with E-state index in [2.05, 4.69) is 12.2 Å². The number of hydrogen-bond acceptors (Lipinski definition) is 6. The van der Waals surface area contributed by atoms with E-state index in [0.717, 1.165) is 39.5 Å². The molecule has 1 aromatic heterocycles. The van der Waals surface area contributed by atoms with Crippen molar-refractivity contribution in [3.8, 4) is 0 Å². The molecule has 0 aliphatic carbocycles. The molecule has 0 unspecified atom stereocenters. The van der Waals surface area contributed by atoms with Crippen molar-refractivity contribution in [3.05, 3.63) is 75.1 Å². The van der Waals surface area contributed by atoms with E-state index in [1.165, 1.54) is 24.2 Å². The second kappa shape index (κ2) is 10.3. The Hall–Kier alpha value is -3.39. The predicted octanol–water partition coefficient (Wildman–Crippen LogP) is 4.78. The summed E-state index contributed by atoms with van der Waals surface area (Å²) < 4.78 is 1.90. The molecule has 1 aliphatic rings. The Labute approximate surface area is 205 Å². The normalized spacial score (nSPS) is 14.0. The SMILES string of the molecule is CC1=C(C(C)(C)C(=N)/C=C\N)Sc2c(C=N)c(C(=O)NCc3ccccc3C=N)n(C)c2CC1. The highest BCUT2D eigenvalue weighted by Crippen LogP contribution is 2.48. The fourth-order valence-corrected chi connectivity index (χ4v) is 5.79. The monoisotopic (exact) mass is 476 g/mol. The molecule has 8 heteroatoms. The molecule has 34 heavy (non-hydrogen) atoms. The van der Waals surface area contributed by atoms with Crippen LogP contribution in [0.15, 0.2) is 51.9 Å². The van der Waals surface area contributed by atoms with Gasteiger partial charge in [0.15, 0.2) is 0 Å². The van der Waals surface area contributed by atoms with Crippen LogP contribution in [-0.4, -0.2) is 28.6 Å². The standard InChI is InChI=1S/C26H32N6OS/c1-16-9-10-20-23(34-24(16)26(2,3)21(30)11-12-27)19(14-29)22(32(20)4)25(33)31-15-18-8-6-5-7-17(18)13-28/h5-8,11-14,28-30H,9-10,15,27H2,1-4H3,(H,31,33)/b12-11-,28-13?,29-14?,30-21?. The number of benzene rings is 1. The number of nitrogens with two attached hydrogens (primary N) is 1. The van der Waals surface area contributed by atoms with Crippen molar-refractivity contribution in [3.63, 3.8) is 0 Å². The van der Waals surface area contributed by atoms with E-state index >= 15 is 0 Å². The van der Waals surface area contributed by atoms with Gasteiger partial charge in [-0.1, -0.05) is 41.6 Å². The van der Waals surface area contributed by atoms with Gasteiger partial charge < -0.3 is 31.8 Å². The van der Waals surface area contributed by atoms with Crippen molar-refractivity contribution < 1.29 is 4.79 Å². The lowest BCUT2D eigenvalue weighted by Gasteiger charge is -2.28. The molecule has 1 aliphatic heterocycles. The smallest absolute Gasteiger partial charge is 0.268 e. The van der Waals surface area contributed by atoms with Crippen LogP contribution in [-0.2, 0) is 20.0 Å². The van der Waals surface area contributed by atoms with Crippen LogP contribution in [0, 0.1) is 21.6 Å². The molecule has 178 valence electrons. The lowest BCUT2D eigenvalue weighted by atomic mass is 9.84. The van der Waals surface area contributed by atoms with Gasteiger partial charge in [-0.2, -0.15) is 0 Å². The van der Waals surface area contributed by atoms with Gasteiger partial charge in [0.25, 0.3) is 5.91 Å². The lowest BCUT2D eigenvalue weighted by molar-refractivity contribution is 0.0942. The number of allylic oxidation sites excluding steroid dienone is 3. The van der Waals surface area contributed by atoms with Crippen molar-refractivity contribution in [1.29, 1.82) is 16.2 Å². The molecule has 3 rings (SSSR count). The number of rotatable bonds is 8. The first-order valence-electron chi connectivity index (χ1n) is 11.1. The summed E-state index contributed by atoms with van der Waals surface area (Å²) in [5, 5.41) is 27.2. The van der Waals surface area contributed by atoms with Gasteiger partial charge in [0, 0.05) is 58.2 Å². The second-order valence-corrected chi connectivity index (χ2v) is 9.90.